The number of methoxy groups -OCH3 is 1. The van der Waals surface area contributed by atoms with E-state index in [-0.39, 0.29) is 12.4 Å². The molecular weight excluding hydrogens is 171 g/mol. The highest BCUT2D eigenvalue weighted by molar-refractivity contribution is 5.37. The molecule has 0 aliphatic carbocycles. The summed E-state index contributed by atoms with van der Waals surface area (Å²) >= 11 is 0. The Labute approximate surface area is 77.0 Å². The van der Waals surface area contributed by atoms with E-state index in [1.54, 1.807) is 6.07 Å². The van der Waals surface area contributed by atoms with E-state index in [9.17, 15) is 4.39 Å². The summed E-state index contributed by atoms with van der Waals surface area (Å²) in [5.41, 5.74) is 1.23. The van der Waals surface area contributed by atoms with Crippen molar-refractivity contribution in [3.05, 3.63) is 29.1 Å². The van der Waals surface area contributed by atoms with Gasteiger partial charge in [-0.2, -0.15) is 0 Å². The molecule has 1 N–H and O–H groups in total. The number of halogens is 1. The summed E-state index contributed by atoms with van der Waals surface area (Å²) in [4.78, 5) is 0. The van der Waals surface area contributed by atoms with Crippen molar-refractivity contribution in [3.63, 3.8) is 0 Å². The van der Waals surface area contributed by atoms with Crippen molar-refractivity contribution in [1.82, 2.24) is 0 Å². The third-order valence-electron chi connectivity index (χ3n) is 2.00. The van der Waals surface area contributed by atoms with Crippen molar-refractivity contribution in [3.8, 4) is 5.75 Å². The topological polar surface area (TPSA) is 29.5 Å². The Kier molecular flexibility index (Phi) is 3.25. The number of ether oxygens (including phenoxy) is 1. The number of aliphatic hydroxyl groups is 1. The van der Waals surface area contributed by atoms with E-state index in [0.717, 1.165) is 0 Å². The zero-order chi connectivity index (χ0) is 9.84. The normalized spacial score (nSPS) is 10.2. The SMILES string of the molecule is CCc1cc(CO)c(OC)cc1F. The summed E-state index contributed by atoms with van der Waals surface area (Å²) in [6.45, 7) is 1.74. The first-order valence-corrected chi connectivity index (χ1v) is 4.19. The fraction of sp³-hybridized carbons (Fsp3) is 0.400. The maximum Gasteiger partial charge on any atom is 0.130 e. The number of hydrogen-bond donors (Lipinski definition) is 1. The molecule has 0 atom stereocenters. The second kappa shape index (κ2) is 4.23. The molecule has 1 aromatic carbocycles. The lowest BCUT2D eigenvalue weighted by molar-refractivity contribution is 0.273. The molecule has 0 saturated carbocycles. The monoisotopic (exact) mass is 184 g/mol. The Bertz CT molecular complexity index is 297. The largest absolute Gasteiger partial charge is 0.496 e. The summed E-state index contributed by atoms with van der Waals surface area (Å²) in [6, 6.07) is 2.94. The predicted octanol–water partition coefficient (Wildman–Crippen LogP) is 1.89. The van der Waals surface area contributed by atoms with Crippen molar-refractivity contribution < 1.29 is 14.2 Å². The molecule has 0 aliphatic rings. The van der Waals surface area contributed by atoms with Gasteiger partial charge >= 0.3 is 0 Å². The molecule has 13 heavy (non-hydrogen) atoms. The van der Waals surface area contributed by atoms with Crippen LogP contribution >= 0.6 is 0 Å². The Morgan fingerprint density at radius 1 is 1.38 bits per heavy atom. The Balaban J connectivity index is 3.18. The maximum atomic E-state index is 13.2. The number of aryl methyl sites for hydroxylation is 1. The zero-order valence-corrected chi connectivity index (χ0v) is 7.80. The molecule has 0 aromatic heterocycles. The van der Waals surface area contributed by atoms with Gasteiger partial charge in [0.1, 0.15) is 11.6 Å². The molecule has 0 heterocycles. The van der Waals surface area contributed by atoms with Crippen LogP contribution in [0.1, 0.15) is 18.1 Å². The third kappa shape index (κ3) is 1.98. The summed E-state index contributed by atoms with van der Waals surface area (Å²) in [6.07, 6.45) is 0.614. The van der Waals surface area contributed by atoms with Gasteiger partial charge in [0.05, 0.1) is 13.7 Å². The van der Waals surface area contributed by atoms with Gasteiger partial charge in [-0.1, -0.05) is 6.92 Å². The number of rotatable bonds is 3. The molecule has 0 bridgehead atoms. The van der Waals surface area contributed by atoms with Gasteiger partial charge in [0.15, 0.2) is 0 Å². The van der Waals surface area contributed by atoms with Crippen LogP contribution in [0.25, 0.3) is 0 Å². The second-order valence-electron chi connectivity index (χ2n) is 2.77. The molecule has 3 heteroatoms. The molecule has 0 radical (unpaired) electrons. The van der Waals surface area contributed by atoms with Gasteiger partial charge in [-0.3, -0.25) is 0 Å². The summed E-state index contributed by atoms with van der Waals surface area (Å²) < 4.78 is 18.1. The van der Waals surface area contributed by atoms with Crippen LogP contribution in [-0.2, 0) is 13.0 Å². The standard InChI is InChI=1S/C10H13FO2/c1-3-7-4-8(6-12)10(13-2)5-9(7)11/h4-5,12H,3,6H2,1-2H3. The van der Waals surface area contributed by atoms with Gasteiger partial charge < -0.3 is 9.84 Å². The van der Waals surface area contributed by atoms with Crippen molar-refractivity contribution in [1.29, 1.82) is 0 Å². The third-order valence-corrected chi connectivity index (χ3v) is 2.00. The first kappa shape index (κ1) is 9.99. The Morgan fingerprint density at radius 3 is 2.54 bits per heavy atom. The molecule has 1 rings (SSSR count). The Morgan fingerprint density at radius 2 is 2.08 bits per heavy atom. The zero-order valence-electron chi connectivity index (χ0n) is 7.80. The van der Waals surface area contributed by atoms with Crippen LogP contribution in [0.4, 0.5) is 4.39 Å². The van der Waals surface area contributed by atoms with E-state index < -0.39 is 0 Å². The van der Waals surface area contributed by atoms with Crippen LogP contribution in [0.15, 0.2) is 12.1 Å². The average molecular weight is 184 g/mol. The predicted molar refractivity (Wildman–Crippen MR) is 48.3 cm³/mol. The van der Waals surface area contributed by atoms with Gasteiger partial charge in [0.2, 0.25) is 0 Å². The van der Waals surface area contributed by atoms with E-state index in [2.05, 4.69) is 0 Å². The minimum absolute atomic E-state index is 0.129. The molecular formula is C10H13FO2. The van der Waals surface area contributed by atoms with Gasteiger partial charge in [-0.25, -0.2) is 4.39 Å². The molecule has 72 valence electrons. The van der Waals surface area contributed by atoms with E-state index >= 15 is 0 Å². The van der Waals surface area contributed by atoms with Crippen LogP contribution in [-0.4, -0.2) is 12.2 Å². The van der Waals surface area contributed by atoms with Crippen molar-refractivity contribution in [2.24, 2.45) is 0 Å². The Hall–Kier alpha value is -1.09. The molecule has 0 fully saturated rings. The quantitative estimate of drug-likeness (QED) is 0.777. The highest BCUT2D eigenvalue weighted by Crippen LogP contribution is 2.23. The van der Waals surface area contributed by atoms with Gasteiger partial charge in [-0.05, 0) is 18.1 Å². The number of aliphatic hydroxyl groups excluding tert-OH is 1. The van der Waals surface area contributed by atoms with Gasteiger partial charge in [0.25, 0.3) is 0 Å². The van der Waals surface area contributed by atoms with Crippen LogP contribution in [0.3, 0.4) is 0 Å². The van der Waals surface area contributed by atoms with Crippen molar-refractivity contribution in [2.75, 3.05) is 7.11 Å². The van der Waals surface area contributed by atoms with Crippen molar-refractivity contribution in [2.45, 2.75) is 20.0 Å². The minimum atomic E-state index is -0.281. The fourth-order valence-corrected chi connectivity index (χ4v) is 1.24. The highest BCUT2D eigenvalue weighted by atomic mass is 19.1. The lowest BCUT2D eigenvalue weighted by Gasteiger charge is -2.08. The summed E-state index contributed by atoms with van der Waals surface area (Å²) in [5.74, 6) is 0.119. The molecule has 1 aromatic rings. The minimum Gasteiger partial charge on any atom is -0.496 e. The van der Waals surface area contributed by atoms with Gasteiger partial charge in [-0.15, -0.1) is 0 Å². The molecule has 2 nitrogen and oxygen atoms in total. The smallest absolute Gasteiger partial charge is 0.130 e. The van der Waals surface area contributed by atoms with Gasteiger partial charge in [0, 0.05) is 11.6 Å². The maximum absolute atomic E-state index is 13.2. The first-order chi connectivity index (χ1) is 6.22. The van der Waals surface area contributed by atoms with E-state index in [0.29, 0.717) is 23.3 Å². The van der Waals surface area contributed by atoms with E-state index in [1.807, 2.05) is 6.92 Å². The molecule has 0 unspecified atom stereocenters. The first-order valence-electron chi connectivity index (χ1n) is 4.19. The average Bonchev–Trinajstić information content (AvgIpc) is 2.17. The summed E-state index contributed by atoms with van der Waals surface area (Å²) in [7, 11) is 1.46. The lowest BCUT2D eigenvalue weighted by atomic mass is 10.1. The lowest BCUT2D eigenvalue weighted by Crippen LogP contribution is -1.97. The molecule has 0 aliphatic heterocycles. The van der Waals surface area contributed by atoms with Crippen LogP contribution in [0.2, 0.25) is 0 Å². The summed E-state index contributed by atoms with van der Waals surface area (Å²) in [5, 5.41) is 8.96. The number of hydrogen-bond acceptors (Lipinski definition) is 2. The van der Waals surface area contributed by atoms with Crippen LogP contribution in [0, 0.1) is 5.82 Å². The number of benzene rings is 1. The highest BCUT2D eigenvalue weighted by Gasteiger charge is 2.07. The van der Waals surface area contributed by atoms with Crippen LogP contribution in [0.5, 0.6) is 5.75 Å². The molecule has 0 spiro atoms. The molecule has 0 amide bonds. The second-order valence-corrected chi connectivity index (χ2v) is 2.77. The van der Waals surface area contributed by atoms with E-state index in [4.69, 9.17) is 9.84 Å². The van der Waals surface area contributed by atoms with Crippen LogP contribution < -0.4 is 4.74 Å². The van der Waals surface area contributed by atoms with E-state index in [1.165, 1.54) is 13.2 Å². The fourth-order valence-electron chi connectivity index (χ4n) is 1.24. The van der Waals surface area contributed by atoms with Crippen molar-refractivity contribution >= 4 is 0 Å². The molecule has 0 saturated heterocycles.